The smallest absolute Gasteiger partial charge is 0.307 e. The number of likely N-dealkylation sites (N-methyl/N-ethyl adjacent to an activating group) is 1. The van der Waals surface area contributed by atoms with Crippen LogP contribution in [0.4, 0.5) is 0 Å². The molecule has 0 aliphatic carbocycles. The minimum atomic E-state index is -0.342. The molecule has 27 heavy (non-hydrogen) atoms. The highest BCUT2D eigenvalue weighted by atomic mass is 32.2. The van der Waals surface area contributed by atoms with Gasteiger partial charge < -0.3 is 19.1 Å². The van der Waals surface area contributed by atoms with E-state index >= 15 is 0 Å². The lowest BCUT2D eigenvalue weighted by Gasteiger charge is -2.14. The Hall–Kier alpha value is -2.10. The van der Waals surface area contributed by atoms with Gasteiger partial charge >= 0.3 is 5.97 Å². The predicted molar refractivity (Wildman–Crippen MR) is 107 cm³/mol. The summed E-state index contributed by atoms with van der Waals surface area (Å²) in [6.07, 6.45) is 1.87. The molecule has 0 aromatic heterocycles. The van der Waals surface area contributed by atoms with Crippen LogP contribution in [0.15, 0.2) is 23.1 Å². The summed E-state index contributed by atoms with van der Waals surface area (Å²) >= 11 is 6.51. The van der Waals surface area contributed by atoms with E-state index < -0.39 is 0 Å². The maximum absolute atomic E-state index is 12.6. The second kappa shape index (κ2) is 8.73. The number of nitrogens with zero attached hydrogens (tertiary/aromatic N) is 2. The van der Waals surface area contributed by atoms with Crippen molar-refractivity contribution in [1.82, 2.24) is 9.80 Å². The maximum Gasteiger partial charge on any atom is 0.307 e. The monoisotopic (exact) mass is 408 g/mol. The fourth-order valence-electron chi connectivity index (χ4n) is 2.46. The molecule has 144 valence electrons. The van der Waals surface area contributed by atoms with E-state index in [0.29, 0.717) is 33.9 Å². The van der Waals surface area contributed by atoms with Gasteiger partial charge in [0, 0.05) is 13.1 Å². The van der Waals surface area contributed by atoms with Crippen LogP contribution in [0, 0.1) is 0 Å². The minimum absolute atomic E-state index is 0.108. The second-order valence-electron chi connectivity index (χ2n) is 6.22. The lowest BCUT2D eigenvalue weighted by atomic mass is 10.2. The Morgan fingerprint density at radius 3 is 2.93 bits per heavy atom. The molecule has 1 saturated heterocycles. The van der Waals surface area contributed by atoms with E-state index in [2.05, 4.69) is 0 Å². The molecule has 0 unspecified atom stereocenters. The van der Waals surface area contributed by atoms with Crippen LogP contribution >= 0.6 is 24.0 Å². The normalized spacial score (nSPS) is 17.3. The van der Waals surface area contributed by atoms with Crippen molar-refractivity contribution >= 4 is 46.3 Å². The third-order valence-corrected chi connectivity index (χ3v) is 5.29. The van der Waals surface area contributed by atoms with Crippen LogP contribution in [-0.2, 0) is 14.3 Å². The van der Waals surface area contributed by atoms with E-state index in [0.717, 1.165) is 5.56 Å². The third kappa shape index (κ3) is 5.00. The first-order chi connectivity index (χ1) is 12.9. The molecule has 3 rings (SSSR count). The number of thiocarbonyl (C=S) groups is 1. The highest BCUT2D eigenvalue weighted by Gasteiger charge is 2.32. The number of fused-ring (bicyclic) bond motifs is 1. The Balaban J connectivity index is 1.57. The standard InChI is InChI=1S/C18H20N2O5S2/c1-19(2)7-8-23-16(21)5-6-20-17(22)15(27-18(20)26)10-12-3-4-13-14(9-12)25-11-24-13/h3-4,9-10H,5-8,11H2,1-2H3/b15-10+. The Kier molecular flexibility index (Phi) is 6.35. The van der Waals surface area contributed by atoms with Gasteiger partial charge in [0.05, 0.1) is 11.3 Å². The van der Waals surface area contributed by atoms with Crippen LogP contribution in [-0.4, -0.2) is 66.6 Å². The van der Waals surface area contributed by atoms with Crippen molar-refractivity contribution in [2.24, 2.45) is 0 Å². The summed E-state index contributed by atoms with van der Waals surface area (Å²) in [5.74, 6) is 0.793. The third-order valence-electron chi connectivity index (χ3n) is 3.91. The molecule has 0 radical (unpaired) electrons. The predicted octanol–water partition coefficient (Wildman–Crippen LogP) is 2.11. The molecule has 0 spiro atoms. The van der Waals surface area contributed by atoms with Gasteiger partial charge in [0.25, 0.3) is 5.91 Å². The van der Waals surface area contributed by atoms with Gasteiger partial charge in [-0.1, -0.05) is 30.0 Å². The Bertz CT molecular complexity index is 794. The molecule has 2 aliphatic rings. The zero-order chi connectivity index (χ0) is 19.4. The summed E-state index contributed by atoms with van der Waals surface area (Å²) in [5, 5.41) is 0. The number of thioether (sulfide) groups is 1. The Morgan fingerprint density at radius 1 is 1.37 bits per heavy atom. The van der Waals surface area contributed by atoms with Crippen molar-refractivity contribution in [2.75, 3.05) is 40.6 Å². The van der Waals surface area contributed by atoms with Crippen LogP contribution in [0.25, 0.3) is 6.08 Å². The fraction of sp³-hybridized carbons (Fsp3) is 0.389. The average Bonchev–Trinajstić information content (AvgIpc) is 3.18. The summed E-state index contributed by atoms with van der Waals surface area (Å²) in [5.41, 5.74) is 0.822. The fourth-order valence-corrected chi connectivity index (χ4v) is 3.77. The molecule has 0 saturated carbocycles. The molecule has 0 atom stereocenters. The average molecular weight is 409 g/mol. The lowest BCUT2D eigenvalue weighted by Crippen LogP contribution is -2.31. The van der Waals surface area contributed by atoms with Crippen LogP contribution in [0.2, 0.25) is 0 Å². The number of hydrogen-bond acceptors (Lipinski definition) is 8. The van der Waals surface area contributed by atoms with E-state index in [1.54, 1.807) is 12.1 Å². The van der Waals surface area contributed by atoms with Gasteiger partial charge in [-0.3, -0.25) is 14.5 Å². The largest absolute Gasteiger partial charge is 0.464 e. The SMILES string of the molecule is CN(C)CCOC(=O)CCN1C(=O)/C(=C\c2ccc3c(c2)OCO3)SC1=S. The molecular formula is C18H20N2O5S2. The number of carbonyl (C=O) groups excluding carboxylic acids is 2. The Morgan fingerprint density at radius 2 is 2.15 bits per heavy atom. The van der Waals surface area contributed by atoms with Crippen molar-refractivity contribution in [2.45, 2.75) is 6.42 Å². The molecule has 0 N–H and O–H groups in total. The van der Waals surface area contributed by atoms with E-state index in [4.69, 9.17) is 26.4 Å². The molecule has 1 amide bonds. The summed E-state index contributed by atoms with van der Waals surface area (Å²) in [4.78, 5) is 28.3. The van der Waals surface area contributed by atoms with Crippen LogP contribution in [0.5, 0.6) is 11.5 Å². The molecule has 2 heterocycles. The van der Waals surface area contributed by atoms with Crippen molar-refractivity contribution in [3.63, 3.8) is 0 Å². The number of amides is 1. The van der Waals surface area contributed by atoms with Gasteiger partial charge in [-0.25, -0.2) is 0 Å². The quantitative estimate of drug-likeness (QED) is 0.386. The lowest BCUT2D eigenvalue weighted by molar-refractivity contribution is -0.144. The van der Waals surface area contributed by atoms with Gasteiger partial charge in [-0.15, -0.1) is 0 Å². The van der Waals surface area contributed by atoms with Gasteiger partial charge in [0.15, 0.2) is 11.5 Å². The first-order valence-corrected chi connectivity index (χ1v) is 9.62. The van der Waals surface area contributed by atoms with Gasteiger partial charge in [-0.05, 0) is 37.9 Å². The molecule has 1 aromatic carbocycles. The second-order valence-corrected chi connectivity index (χ2v) is 7.90. The summed E-state index contributed by atoms with van der Waals surface area (Å²) in [6, 6.07) is 5.47. The zero-order valence-corrected chi connectivity index (χ0v) is 16.7. The van der Waals surface area contributed by atoms with E-state index in [1.807, 2.05) is 31.1 Å². The maximum atomic E-state index is 12.6. The summed E-state index contributed by atoms with van der Waals surface area (Å²) in [6.45, 7) is 1.40. The van der Waals surface area contributed by atoms with E-state index in [9.17, 15) is 9.59 Å². The summed E-state index contributed by atoms with van der Waals surface area (Å²) in [7, 11) is 3.81. The summed E-state index contributed by atoms with van der Waals surface area (Å²) < 4.78 is 16.2. The topological polar surface area (TPSA) is 68.3 Å². The highest BCUT2D eigenvalue weighted by Crippen LogP contribution is 2.36. The molecule has 2 aliphatic heterocycles. The Labute approximate surface area is 167 Å². The van der Waals surface area contributed by atoms with Crippen molar-refractivity contribution in [1.29, 1.82) is 0 Å². The highest BCUT2D eigenvalue weighted by molar-refractivity contribution is 8.26. The van der Waals surface area contributed by atoms with Crippen molar-refractivity contribution in [3.8, 4) is 11.5 Å². The number of ether oxygens (including phenoxy) is 3. The van der Waals surface area contributed by atoms with Crippen LogP contribution in [0.3, 0.4) is 0 Å². The molecular weight excluding hydrogens is 388 g/mol. The van der Waals surface area contributed by atoms with Crippen molar-refractivity contribution < 1.29 is 23.8 Å². The minimum Gasteiger partial charge on any atom is -0.464 e. The zero-order valence-electron chi connectivity index (χ0n) is 15.1. The van der Waals surface area contributed by atoms with E-state index in [-0.39, 0.29) is 31.6 Å². The first kappa shape index (κ1) is 19.7. The molecule has 1 aromatic rings. The molecule has 7 nitrogen and oxygen atoms in total. The van der Waals surface area contributed by atoms with Gasteiger partial charge in [-0.2, -0.15) is 0 Å². The van der Waals surface area contributed by atoms with E-state index in [1.165, 1.54) is 16.7 Å². The van der Waals surface area contributed by atoms with Gasteiger partial charge in [0.1, 0.15) is 10.9 Å². The molecule has 1 fully saturated rings. The number of carbonyl (C=O) groups is 2. The van der Waals surface area contributed by atoms with Crippen LogP contribution in [0.1, 0.15) is 12.0 Å². The molecule has 9 heteroatoms. The number of benzene rings is 1. The van der Waals surface area contributed by atoms with Crippen molar-refractivity contribution in [3.05, 3.63) is 28.7 Å². The first-order valence-electron chi connectivity index (χ1n) is 8.39. The number of rotatable bonds is 7. The van der Waals surface area contributed by atoms with Gasteiger partial charge in [0.2, 0.25) is 6.79 Å². The number of hydrogen-bond donors (Lipinski definition) is 0. The number of esters is 1. The van der Waals surface area contributed by atoms with Crippen LogP contribution < -0.4 is 9.47 Å². The molecule has 0 bridgehead atoms.